The summed E-state index contributed by atoms with van der Waals surface area (Å²) in [5, 5.41) is 0. The minimum atomic E-state index is 0.572. The van der Waals surface area contributed by atoms with E-state index in [9.17, 15) is 9.59 Å². The van der Waals surface area contributed by atoms with Gasteiger partial charge in [-0.05, 0) is 49.3 Å². The number of hydrogen-bond acceptors (Lipinski definition) is 3. The topological polar surface area (TPSA) is 46.5 Å². The first-order chi connectivity index (χ1) is 7.86. The Hall–Kier alpha value is -1.39. The summed E-state index contributed by atoms with van der Waals surface area (Å²) in [6, 6.07) is 0. The van der Waals surface area contributed by atoms with Gasteiger partial charge in [-0.3, -0.25) is 0 Å². The maximum Gasteiger partial charge on any atom is 0.234 e. The standard InChI is InChI=1S/C13H17NO2/c15-9-3-1-2-4-12-5-7-13(8-6-12)10-14-11-16/h1,12-13H,2,4-8,10H2. The molecule has 1 aliphatic carbocycles. The van der Waals surface area contributed by atoms with Crippen LogP contribution in [0.5, 0.6) is 0 Å². The average molecular weight is 219 g/mol. The minimum Gasteiger partial charge on any atom is -0.224 e. The first-order valence-electron chi connectivity index (χ1n) is 5.84. The molecule has 1 aliphatic rings. The van der Waals surface area contributed by atoms with E-state index in [2.05, 4.69) is 10.7 Å². The van der Waals surface area contributed by atoms with Crippen LogP contribution < -0.4 is 0 Å². The molecule has 0 unspecified atom stereocenters. The fourth-order valence-electron chi connectivity index (χ4n) is 2.30. The number of allylic oxidation sites excluding steroid dienone is 1. The van der Waals surface area contributed by atoms with Gasteiger partial charge in [-0.25, -0.2) is 14.6 Å². The van der Waals surface area contributed by atoms with E-state index < -0.39 is 0 Å². The molecule has 0 bridgehead atoms. The largest absolute Gasteiger partial charge is 0.234 e. The lowest BCUT2D eigenvalue weighted by Gasteiger charge is -2.26. The quantitative estimate of drug-likeness (QED) is 0.308. The minimum absolute atomic E-state index is 0.572. The summed E-state index contributed by atoms with van der Waals surface area (Å²) in [6.45, 7) is 0.643. The fraction of sp³-hybridized carbons (Fsp3) is 0.692. The number of carbonyl (C=O) groups excluding carboxylic acids is 2. The summed E-state index contributed by atoms with van der Waals surface area (Å²) < 4.78 is 0. The van der Waals surface area contributed by atoms with E-state index in [4.69, 9.17) is 0 Å². The molecule has 0 radical (unpaired) electrons. The zero-order valence-electron chi connectivity index (χ0n) is 9.45. The second-order valence-corrected chi connectivity index (χ2v) is 4.35. The lowest BCUT2D eigenvalue weighted by molar-refractivity contribution is 0.269. The third kappa shape index (κ3) is 4.91. The summed E-state index contributed by atoms with van der Waals surface area (Å²) in [5.74, 6) is 2.95. The highest BCUT2D eigenvalue weighted by molar-refractivity contribution is 5.43. The van der Waals surface area contributed by atoms with Crippen LogP contribution in [0.15, 0.2) is 16.8 Å². The molecule has 16 heavy (non-hydrogen) atoms. The summed E-state index contributed by atoms with van der Waals surface area (Å²) in [5.41, 5.74) is 2.44. The van der Waals surface area contributed by atoms with E-state index in [1.165, 1.54) is 12.8 Å². The van der Waals surface area contributed by atoms with Crippen LogP contribution in [0.4, 0.5) is 0 Å². The van der Waals surface area contributed by atoms with Crippen LogP contribution in [-0.4, -0.2) is 18.6 Å². The predicted molar refractivity (Wildman–Crippen MR) is 61.4 cm³/mol. The van der Waals surface area contributed by atoms with Crippen LogP contribution in [0.3, 0.4) is 0 Å². The zero-order valence-corrected chi connectivity index (χ0v) is 9.45. The summed E-state index contributed by atoms with van der Waals surface area (Å²) in [7, 11) is 0. The predicted octanol–water partition coefficient (Wildman–Crippen LogP) is 2.45. The van der Waals surface area contributed by atoms with Gasteiger partial charge in [0.25, 0.3) is 0 Å². The molecule has 1 fully saturated rings. The van der Waals surface area contributed by atoms with Gasteiger partial charge < -0.3 is 0 Å². The van der Waals surface area contributed by atoms with Gasteiger partial charge in [0, 0.05) is 0 Å². The molecular weight excluding hydrogens is 202 g/mol. The molecule has 0 saturated heterocycles. The number of nitrogens with zero attached hydrogens (tertiary/aromatic N) is 1. The van der Waals surface area contributed by atoms with Crippen LogP contribution in [0.2, 0.25) is 0 Å². The first kappa shape index (κ1) is 12.7. The number of aliphatic imine (C=N–C) groups is 1. The van der Waals surface area contributed by atoms with Crippen molar-refractivity contribution in [1.29, 1.82) is 0 Å². The molecular formula is C13H17NO2. The van der Waals surface area contributed by atoms with Crippen molar-refractivity contribution >= 4 is 12.0 Å². The van der Waals surface area contributed by atoms with Crippen LogP contribution in [0.1, 0.15) is 38.5 Å². The van der Waals surface area contributed by atoms with Gasteiger partial charge in [0.05, 0.1) is 6.54 Å². The maximum absolute atomic E-state index is 9.98. The lowest BCUT2D eigenvalue weighted by Crippen LogP contribution is -2.16. The molecule has 3 heteroatoms. The molecule has 0 aromatic rings. The molecule has 1 rings (SSSR count). The van der Waals surface area contributed by atoms with Crippen LogP contribution in [-0.2, 0) is 9.59 Å². The summed E-state index contributed by atoms with van der Waals surface area (Å²) in [6.07, 6.45) is 10.1. The smallest absolute Gasteiger partial charge is 0.224 e. The molecule has 0 N–H and O–H groups in total. The van der Waals surface area contributed by atoms with Crippen molar-refractivity contribution in [3.05, 3.63) is 11.8 Å². The molecule has 1 saturated carbocycles. The van der Waals surface area contributed by atoms with E-state index in [0.717, 1.165) is 31.6 Å². The highest BCUT2D eigenvalue weighted by atomic mass is 16.1. The molecule has 0 spiro atoms. The van der Waals surface area contributed by atoms with E-state index in [-0.39, 0.29) is 0 Å². The Bertz CT molecular complexity index is 324. The molecule has 0 amide bonds. The van der Waals surface area contributed by atoms with Gasteiger partial charge >= 0.3 is 0 Å². The van der Waals surface area contributed by atoms with Gasteiger partial charge in [-0.2, -0.15) is 0 Å². The lowest BCUT2D eigenvalue weighted by atomic mass is 9.80. The van der Waals surface area contributed by atoms with E-state index in [0.29, 0.717) is 12.5 Å². The van der Waals surface area contributed by atoms with Crippen molar-refractivity contribution in [3.8, 4) is 0 Å². The number of rotatable bonds is 5. The van der Waals surface area contributed by atoms with Gasteiger partial charge in [-0.1, -0.05) is 12.8 Å². The van der Waals surface area contributed by atoms with E-state index >= 15 is 0 Å². The molecule has 3 nitrogen and oxygen atoms in total. The Labute approximate surface area is 96.0 Å². The van der Waals surface area contributed by atoms with Crippen molar-refractivity contribution in [2.75, 3.05) is 6.54 Å². The van der Waals surface area contributed by atoms with Crippen molar-refractivity contribution in [2.24, 2.45) is 16.8 Å². The molecule has 86 valence electrons. The van der Waals surface area contributed by atoms with Gasteiger partial charge in [-0.15, -0.1) is 0 Å². The van der Waals surface area contributed by atoms with Crippen molar-refractivity contribution in [2.45, 2.75) is 38.5 Å². The van der Waals surface area contributed by atoms with Crippen molar-refractivity contribution < 1.29 is 9.59 Å². The van der Waals surface area contributed by atoms with Crippen LogP contribution in [0.25, 0.3) is 0 Å². The van der Waals surface area contributed by atoms with Crippen LogP contribution >= 0.6 is 0 Å². The Morgan fingerprint density at radius 3 is 2.44 bits per heavy atom. The summed E-state index contributed by atoms with van der Waals surface area (Å²) in [4.78, 5) is 23.5. The van der Waals surface area contributed by atoms with Crippen molar-refractivity contribution in [3.63, 3.8) is 0 Å². The highest BCUT2D eigenvalue weighted by Crippen LogP contribution is 2.31. The molecule has 0 aliphatic heterocycles. The molecule has 0 aromatic carbocycles. The summed E-state index contributed by atoms with van der Waals surface area (Å²) >= 11 is 0. The van der Waals surface area contributed by atoms with E-state index in [1.54, 1.807) is 18.1 Å². The van der Waals surface area contributed by atoms with E-state index in [1.807, 2.05) is 0 Å². The van der Waals surface area contributed by atoms with Gasteiger partial charge in [0.1, 0.15) is 0 Å². The Morgan fingerprint density at radius 2 is 1.81 bits per heavy atom. The molecule has 0 heterocycles. The maximum atomic E-state index is 9.98. The Balaban J connectivity index is 2.18. The molecule has 0 atom stereocenters. The van der Waals surface area contributed by atoms with Crippen LogP contribution in [0, 0.1) is 11.8 Å². The Morgan fingerprint density at radius 1 is 1.12 bits per heavy atom. The second kappa shape index (κ2) is 7.84. The second-order valence-electron chi connectivity index (χ2n) is 4.35. The van der Waals surface area contributed by atoms with Gasteiger partial charge in [0.2, 0.25) is 6.08 Å². The number of hydrogen-bond donors (Lipinski definition) is 0. The normalized spacial score (nSPS) is 23.8. The zero-order chi connectivity index (χ0) is 11.6. The monoisotopic (exact) mass is 219 g/mol. The average Bonchev–Trinajstić information content (AvgIpc) is 2.33. The fourth-order valence-corrected chi connectivity index (χ4v) is 2.30. The Kier molecular flexibility index (Phi) is 6.22. The van der Waals surface area contributed by atoms with Gasteiger partial charge in [0.15, 0.2) is 5.94 Å². The third-order valence-corrected chi connectivity index (χ3v) is 3.26. The third-order valence-electron chi connectivity index (χ3n) is 3.26. The highest BCUT2D eigenvalue weighted by Gasteiger charge is 2.20. The SMILES string of the molecule is O=C=C=CCCC1CCC(CN=C=O)CC1. The first-order valence-corrected chi connectivity index (χ1v) is 5.84. The van der Waals surface area contributed by atoms with Crippen molar-refractivity contribution in [1.82, 2.24) is 0 Å². The number of isocyanates is 1. The molecule has 0 aromatic heterocycles.